The van der Waals surface area contributed by atoms with Crippen LogP contribution in [0.5, 0.6) is 0 Å². The van der Waals surface area contributed by atoms with Crippen LogP contribution >= 0.6 is 110 Å². The minimum atomic E-state index is -0.686. The number of nitrogens with zero attached hydrogens (tertiary/aromatic N) is 4. The van der Waals surface area contributed by atoms with Crippen molar-refractivity contribution in [3.63, 3.8) is 0 Å². The Labute approximate surface area is 625 Å². The quantitative estimate of drug-likeness (QED) is 0.0313. The molecule has 10 rings (SSSR count). The number of ketones is 3. The number of imidazole rings is 2. The smallest absolute Gasteiger partial charge is 0.245 e. The molecule has 4 aromatic rings. The fraction of sp³-hybridized carbons (Fsp3) is 0.549. The Kier molecular flexibility index (Phi) is 31.9. The van der Waals surface area contributed by atoms with Gasteiger partial charge in [-0.2, -0.15) is 0 Å². The zero-order valence-electron chi connectivity index (χ0n) is 54.4. The maximum Gasteiger partial charge on any atom is 0.245 e. The molecular formula is C71H92ClI6N4O11-. The fourth-order valence-corrected chi connectivity index (χ4v) is 17.2. The van der Waals surface area contributed by atoms with Crippen LogP contribution in [0.15, 0.2) is 123 Å². The van der Waals surface area contributed by atoms with E-state index in [9.17, 15) is 44.1 Å². The van der Waals surface area contributed by atoms with Crippen molar-refractivity contribution in [3.8, 4) is 0 Å². The first kappa shape index (κ1) is 81.7. The molecule has 15 nitrogen and oxygen atoms in total. The molecule has 3 N–H and O–H groups in total. The van der Waals surface area contributed by atoms with Gasteiger partial charge in [0.15, 0.2) is 5.78 Å². The van der Waals surface area contributed by atoms with Crippen LogP contribution in [0.2, 0.25) is 0 Å². The molecule has 2 heterocycles. The first-order valence-electron chi connectivity index (χ1n) is 31.5. The summed E-state index contributed by atoms with van der Waals surface area (Å²) in [6.07, 6.45) is 26.2. The summed E-state index contributed by atoms with van der Waals surface area (Å²) in [4.78, 5) is 83.3. The summed E-state index contributed by atoms with van der Waals surface area (Å²) in [5.41, 5.74) is 1.42. The van der Waals surface area contributed by atoms with Crippen LogP contribution in [-0.4, -0.2) is 100 Å². The standard InChI is InChI=1S/C36H46N2O5.C22H34O5.C13H11ClN2O.I3.I2.HI/c1-6-34(4)20-28(35(5)24(2)13-15-36(25(3)33(34)42)16-14-30(40)32(35)36)19-29(39)22-43-31(41)12-11-26-7-9-27(10-8-26)21-38-18-17-37-23-38;1-6-20(4)11-16(27-17(25)12-23)21(5)13(2)7-9-22(14(3)19(20)26)10-8-15(24)18(21)22;14-13(17)6-5-11-1-3-12(4-2-11)9-16-8-7-15-10-16;1-3-2;1-2;/h6-12,17-18,23-25,28,32-33,42H,1,13-16,19-22H2,2-5H3;6,13-14,16,18-19,23,26H,1,7-12H2,2-5H3;1-8,10H,9H2;;;1H/q;;;-1;;/b12-11+;;6-5+;;;/t24-,25+,28-,32+,33+,34-,35+,36+;13-,14+,16-,18+,19+,20-,21+,22+;;;;/m11..../s1. The Morgan fingerprint density at radius 3 is 1.55 bits per heavy atom. The molecule has 0 aliphatic heterocycles. The maximum absolute atomic E-state index is 13.6. The van der Waals surface area contributed by atoms with Gasteiger partial charge in [-0.05, 0) is 143 Å². The second-order valence-electron chi connectivity index (χ2n) is 27.3. The molecule has 2 aromatic carbocycles. The largest absolute Gasteiger partial charge is 0.333 e. The van der Waals surface area contributed by atoms with E-state index in [0.717, 1.165) is 61.8 Å². The monoisotopic (exact) mass is 1970 g/mol. The van der Waals surface area contributed by atoms with Crippen LogP contribution in [0.1, 0.15) is 148 Å². The Hall–Kier alpha value is -2.01. The molecule has 0 unspecified atom stereocenters. The number of esters is 2. The molecule has 6 aliphatic carbocycles. The third-order valence-corrected chi connectivity index (χ3v) is 22.9. The SMILES string of the molecule is C=C[C@]1(C)C[C@@H](CC(=O)COC(=O)/C=C/c2ccc(Cn3ccnc3)cc2)[C@]2(C)[C@H](C)CC[C@]3(CCC(=O)[C@H]32)[C@@H](C)[C@@H]1O.C=C[C@]1(C)C[C@@H](OC(=O)CO)[C@]2(C)[C@H](C)CC[C@]3(CCC(=O)[C@H]32)[C@@H](C)[C@@H]1O.I.II.I[I-]I.O=C(Cl)/C=C/c1ccc(Cn2ccnc2)cc1. The molecule has 16 atom stereocenters. The molecule has 22 heteroatoms. The van der Waals surface area contributed by atoms with E-state index in [1.54, 1.807) is 43.3 Å². The molecular weight excluding hydrogens is 1880 g/mol. The number of benzene rings is 2. The fourth-order valence-electron chi connectivity index (χ4n) is 17.1. The number of aromatic nitrogens is 4. The third kappa shape index (κ3) is 18.7. The van der Waals surface area contributed by atoms with Crippen molar-refractivity contribution >= 4 is 157 Å². The molecule has 93 heavy (non-hydrogen) atoms. The molecule has 0 radical (unpaired) electrons. The van der Waals surface area contributed by atoms with Gasteiger partial charge in [0.25, 0.3) is 0 Å². The third-order valence-electron chi connectivity index (χ3n) is 22.7. The minimum Gasteiger partial charge on any atom is -0.333 e. The van der Waals surface area contributed by atoms with Crippen molar-refractivity contribution in [3.05, 3.63) is 146 Å². The summed E-state index contributed by atoms with van der Waals surface area (Å²) in [6, 6.07) is 15.8. The number of allylic oxidation sites excluding steroid dienone is 1. The van der Waals surface area contributed by atoms with Gasteiger partial charge in [0.2, 0.25) is 5.24 Å². The van der Waals surface area contributed by atoms with E-state index in [4.69, 9.17) is 21.1 Å². The minimum absolute atomic E-state index is 0. The molecule has 2 aromatic heterocycles. The van der Waals surface area contributed by atoms with Crippen LogP contribution in [0.3, 0.4) is 0 Å². The molecule has 6 fully saturated rings. The first-order valence-corrected chi connectivity index (χ1v) is 50.7. The van der Waals surface area contributed by atoms with Crippen molar-refractivity contribution < 1.29 is 66.8 Å². The van der Waals surface area contributed by atoms with Crippen molar-refractivity contribution in [2.45, 2.75) is 157 Å². The van der Waals surface area contributed by atoms with Gasteiger partial charge in [-0.15, -0.1) is 37.1 Å². The Morgan fingerprint density at radius 1 is 0.699 bits per heavy atom. The number of ether oxygens (including phenoxy) is 2. The van der Waals surface area contributed by atoms with Gasteiger partial charge in [-0.25, -0.2) is 19.6 Å². The van der Waals surface area contributed by atoms with Crippen LogP contribution in [-0.2, 0) is 51.3 Å². The van der Waals surface area contributed by atoms with E-state index < -0.39 is 63.8 Å². The molecule has 4 bridgehead atoms. The van der Waals surface area contributed by atoms with Gasteiger partial charge in [-0.1, -0.05) is 122 Å². The summed E-state index contributed by atoms with van der Waals surface area (Å²) in [5, 5.41) is 31.8. The Balaban J connectivity index is 0.000000267. The summed E-state index contributed by atoms with van der Waals surface area (Å²) in [6.45, 7) is 25.4. The number of carbonyl (C=O) groups is 6. The van der Waals surface area contributed by atoms with Crippen LogP contribution in [0, 0.1) is 73.9 Å². The van der Waals surface area contributed by atoms with Gasteiger partial charge in [0.05, 0.1) is 24.9 Å². The van der Waals surface area contributed by atoms with Gasteiger partial charge < -0.3 is 33.9 Å². The number of hydrogen-bond acceptors (Lipinski definition) is 13. The average molecular weight is 1970 g/mol. The van der Waals surface area contributed by atoms with Crippen LogP contribution in [0.25, 0.3) is 12.2 Å². The second-order valence-corrected chi connectivity index (χ2v) is 44.0. The number of aliphatic hydroxyl groups is 3. The summed E-state index contributed by atoms with van der Waals surface area (Å²) in [5.74, 6) is -1.11. The molecule has 0 amide bonds. The molecule has 0 saturated heterocycles. The van der Waals surface area contributed by atoms with E-state index >= 15 is 0 Å². The predicted molar refractivity (Wildman–Crippen MR) is 407 cm³/mol. The predicted octanol–water partition coefficient (Wildman–Crippen LogP) is 12.8. The zero-order valence-corrected chi connectivity index (χ0v) is 68.3. The molecule has 6 saturated carbocycles. The van der Waals surface area contributed by atoms with Crippen molar-refractivity contribution in [1.82, 2.24) is 19.1 Å². The maximum atomic E-state index is 13.6. The number of rotatable bonds is 16. The Morgan fingerprint density at radius 2 is 1.13 bits per heavy atom. The van der Waals surface area contributed by atoms with E-state index in [0.29, 0.717) is 45.5 Å². The van der Waals surface area contributed by atoms with Crippen LogP contribution in [0.4, 0.5) is 0 Å². The van der Waals surface area contributed by atoms with Gasteiger partial charge in [-0.3, -0.25) is 19.2 Å². The topological polar surface area (TPSA) is 217 Å². The van der Waals surface area contributed by atoms with Crippen LogP contribution < -0.4 is 13.3 Å². The Bertz CT molecular complexity index is 3230. The second kappa shape index (κ2) is 36.4. The summed E-state index contributed by atoms with van der Waals surface area (Å²) < 4.78 is 15.1. The van der Waals surface area contributed by atoms with Gasteiger partial charge in [0.1, 0.15) is 30.9 Å². The first-order chi connectivity index (χ1) is 43.6. The van der Waals surface area contributed by atoms with Crippen molar-refractivity contribution in [1.29, 1.82) is 0 Å². The average Bonchev–Trinajstić information content (AvgIpc) is 1.67. The van der Waals surface area contributed by atoms with Gasteiger partial charge >= 0.3 is 62.4 Å². The molecule has 0 spiro atoms. The number of Topliss-reactive ketones (excluding diaryl/α,β-unsaturated/α-hetero) is 3. The van der Waals surface area contributed by atoms with Gasteiger partial charge in [0, 0.05) is 129 Å². The molecule has 6 aliphatic rings. The van der Waals surface area contributed by atoms with E-state index in [1.165, 1.54) is 17.7 Å². The number of halogens is 7. The van der Waals surface area contributed by atoms with E-state index in [2.05, 4.69) is 139 Å². The van der Waals surface area contributed by atoms with E-state index in [1.807, 2.05) is 90.0 Å². The number of hydrogen-bond donors (Lipinski definition) is 3. The number of aliphatic hydroxyl groups excluding tert-OH is 3. The van der Waals surface area contributed by atoms with Crippen molar-refractivity contribution in [2.24, 2.45) is 73.9 Å². The normalized spacial score (nSPS) is 33.2. The van der Waals surface area contributed by atoms with Crippen molar-refractivity contribution in [2.75, 3.05) is 13.2 Å². The van der Waals surface area contributed by atoms with E-state index in [-0.39, 0.29) is 107 Å². The summed E-state index contributed by atoms with van der Waals surface area (Å²) >= 11 is 14.8. The summed E-state index contributed by atoms with van der Waals surface area (Å²) in [7, 11) is 0. The number of carbonyl (C=O) groups excluding carboxylic acids is 6. The molecule has 512 valence electrons. The zero-order chi connectivity index (χ0) is 68.0.